The summed E-state index contributed by atoms with van der Waals surface area (Å²) in [6.45, 7) is 5.64. The number of carbonyl (C=O) groups excluding carboxylic acids is 1. The minimum absolute atomic E-state index is 0.161. The molecule has 0 aromatic heterocycles. The Labute approximate surface area is 60.9 Å². The molecule has 2 heteroatoms. The summed E-state index contributed by atoms with van der Waals surface area (Å²) in [6.07, 6.45) is 2.04. The number of allylic oxidation sites excluding steroid dienone is 2. The first-order chi connectivity index (χ1) is 4.49. The van der Waals surface area contributed by atoms with Crippen molar-refractivity contribution in [3.8, 4) is 0 Å². The smallest absolute Gasteiger partial charge is 0.162 e. The molecule has 0 fully saturated rings. The Bertz CT molecular complexity index is 189. The first-order valence-electron chi connectivity index (χ1n) is 3.40. The van der Waals surface area contributed by atoms with Crippen molar-refractivity contribution in [2.75, 3.05) is 0 Å². The molecule has 1 aliphatic heterocycles. The van der Waals surface area contributed by atoms with Crippen molar-refractivity contribution in [1.29, 1.82) is 0 Å². The van der Waals surface area contributed by atoms with Crippen LogP contribution in [0.2, 0.25) is 0 Å². The normalized spacial score (nSPS) is 23.5. The largest absolute Gasteiger partial charge is 0.492 e. The monoisotopic (exact) mass is 140 g/mol. The van der Waals surface area contributed by atoms with Crippen LogP contribution in [0.5, 0.6) is 0 Å². The van der Waals surface area contributed by atoms with Gasteiger partial charge < -0.3 is 4.74 Å². The molecule has 0 aromatic rings. The highest BCUT2D eigenvalue weighted by molar-refractivity contribution is 5.91. The molecule has 2 nitrogen and oxygen atoms in total. The van der Waals surface area contributed by atoms with Gasteiger partial charge in [-0.25, -0.2) is 0 Å². The number of ketones is 1. The molecular formula is C8H12O2. The summed E-state index contributed by atoms with van der Waals surface area (Å²) in [4.78, 5) is 10.9. The van der Waals surface area contributed by atoms with E-state index in [1.165, 1.54) is 0 Å². The van der Waals surface area contributed by atoms with Crippen molar-refractivity contribution >= 4 is 5.78 Å². The molecule has 0 atom stereocenters. The summed E-state index contributed by atoms with van der Waals surface area (Å²) >= 11 is 0. The van der Waals surface area contributed by atoms with Crippen LogP contribution in [0, 0.1) is 0 Å². The Morgan fingerprint density at radius 1 is 1.60 bits per heavy atom. The summed E-state index contributed by atoms with van der Waals surface area (Å²) in [5, 5.41) is 0. The average Bonchev–Trinajstić information content (AvgIpc) is 1.54. The van der Waals surface area contributed by atoms with Gasteiger partial charge in [-0.05, 0) is 20.8 Å². The maximum absolute atomic E-state index is 10.9. The fraction of sp³-hybridized carbons (Fsp3) is 0.625. The van der Waals surface area contributed by atoms with Gasteiger partial charge in [0.15, 0.2) is 5.78 Å². The molecule has 0 saturated heterocycles. The molecule has 1 aliphatic rings. The van der Waals surface area contributed by atoms with E-state index in [1.807, 2.05) is 13.8 Å². The molecule has 0 radical (unpaired) electrons. The Hall–Kier alpha value is -0.790. The predicted molar refractivity (Wildman–Crippen MR) is 38.5 cm³/mol. The molecule has 0 saturated carbocycles. The fourth-order valence-corrected chi connectivity index (χ4v) is 1.20. The lowest BCUT2D eigenvalue weighted by atomic mass is 9.99. The van der Waals surface area contributed by atoms with E-state index in [2.05, 4.69) is 0 Å². The van der Waals surface area contributed by atoms with E-state index in [1.54, 1.807) is 13.0 Å². The van der Waals surface area contributed by atoms with E-state index in [0.717, 1.165) is 5.76 Å². The quantitative estimate of drug-likeness (QED) is 0.511. The highest BCUT2D eigenvalue weighted by atomic mass is 16.5. The SMILES string of the molecule is CC1=CC(=O)CC(C)(C)O1. The number of rotatable bonds is 0. The van der Waals surface area contributed by atoms with Crippen molar-refractivity contribution in [2.24, 2.45) is 0 Å². The zero-order chi connectivity index (χ0) is 7.78. The Balaban J connectivity index is 2.80. The van der Waals surface area contributed by atoms with Crippen molar-refractivity contribution in [2.45, 2.75) is 32.8 Å². The van der Waals surface area contributed by atoms with Gasteiger partial charge >= 0.3 is 0 Å². The van der Waals surface area contributed by atoms with E-state index >= 15 is 0 Å². The van der Waals surface area contributed by atoms with E-state index in [4.69, 9.17) is 4.74 Å². The third-order valence-electron chi connectivity index (χ3n) is 1.40. The number of hydrogen-bond donors (Lipinski definition) is 0. The second-order valence-corrected chi connectivity index (χ2v) is 3.26. The Morgan fingerprint density at radius 3 is 2.60 bits per heavy atom. The van der Waals surface area contributed by atoms with Crippen LogP contribution in [-0.4, -0.2) is 11.4 Å². The maximum atomic E-state index is 10.9. The number of hydrogen-bond acceptors (Lipinski definition) is 2. The van der Waals surface area contributed by atoms with E-state index in [0.29, 0.717) is 6.42 Å². The van der Waals surface area contributed by atoms with Crippen LogP contribution >= 0.6 is 0 Å². The van der Waals surface area contributed by atoms with Gasteiger partial charge in [0.1, 0.15) is 5.60 Å². The predicted octanol–water partition coefficient (Wildman–Crippen LogP) is 1.66. The summed E-state index contributed by atoms with van der Waals surface area (Å²) in [5.41, 5.74) is -0.296. The summed E-state index contributed by atoms with van der Waals surface area (Å²) < 4.78 is 5.38. The lowest BCUT2D eigenvalue weighted by Gasteiger charge is -2.28. The van der Waals surface area contributed by atoms with Crippen molar-refractivity contribution in [1.82, 2.24) is 0 Å². The van der Waals surface area contributed by atoms with Gasteiger partial charge in [-0.1, -0.05) is 0 Å². The van der Waals surface area contributed by atoms with Crippen LogP contribution in [-0.2, 0) is 9.53 Å². The van der Waals surface area contributed by atoms with Crippen molar-refractivity contribution in [3.63, 3.8) is 0 Å². The standard InChI is InChI=1S/C8H12O2/c1-6-4-7(9)5-8(2,3)10-6/h4H,5H2,1-3H3. The van der Waals surface area contributed by atoms with Gasteiger partial charge in [-0.15, -0.1) is 0 Å². The number of carbonyl (C=O) groups is 1. The zero-order valence-electron chi connectivity index (χ0n) is 6.60. The summed E-state index contributed by atoms with van der Waals surface area (Å²) in [6, 6.07) is 0. The molecule has 0 spiro atoms. The van der Waals surface area contributed by atoms with Gasteiger partial charge in [-0.3, -0.25) is 4.79 Å². The molecular weight excluding hydrogens is 128 g/mol. The molecule has 10 heavy (non-hydrogen) atoms. The molecule has 56 valence electrons. The van der Waals surface area contributed by atoms with Crippen LogP contribution in [0.4, 0.5) is 0 Å². The topological polar surface area (TPSA) is 26.3 Å². The molecule has 0 N–H and O–H groups in total. The first-order valence-corrected chi connectivity index (χ1v) is 3.40. The zero-order valence-corrected chi connectivity index (χ0v) is 6.60. The third-order valence-corrected chi connectivity index (χ3v) is 1.40. The highest BCUT2D eigenvalue weighted by Crippen LogP contribution is 2.23. The van der Waals surface area contributed by atoms with Crippen LogP contribution < -0.4 is 0 Å². The minimum atomic E-state index is -0.296. The Morgan fingerprint density at radius 2 is 2.20 bits per heavy atom. The average molecular weight is 140 g/mol. The maximum Gasteiger partial charge on any atom is 0.162 e. The van der Waals surface area contributed by atoms with Crippen molar-refractivity contribution < 1.29 is 9.53 Å². The first kappa shape index (κ1) is 7.32. The summed E-state index contributed by atoms with van der Waals surface area (Å²) in [7, 11) is 0. The lowest BCUT2D eigenvalue weighted by Crippen LogP contribution is -2.30. The Kier molecular flexibility index (Phi) is 1.55. The van der Waals surface area contributed by atoms with Crippen LogP contribution in [0.15, 0.2) is 11.8 Å². The molecule has 1 rings (SSSR count). The third kappa shape index (κ3) is 1.59. The van der Waals surface area contributed by atoms with Crippen LogP contribution in [0.1, 0.15) is 27.2 Å². The lowest BCUT2D eigenvalue weighted by molar-refractivity contribution is -0.121. The molecule has 0 aliphatic carbocycles. The molecule has 0 aromatic carbocycles. The van der Waals surface area contributed by atoms with E-state index < -0.39 is 0 Å². The van der Waals surface area contributed by atoms with E-state index in [9.17, 15) is 4.79 Å². The molecule has 1 heterocycles. The molecule has 0 amide bonds. The number of ether oxygens (including phenoxy) is 1. The molecule has 0 unspecified atom stereocenters. The van der Waals surface area contributed by atoms with Gasteiger partial charge in [0.25, 0.3) is 0 Å². The van der Waals surface area contributed by atoms with Gasteiger partial charge in [0.05, 0.1) is 5.76 Å². The van der Waals surface area contributed by atoms with Crippen molar-refractivity contribution in [3.05, 3.63) is 11.8 Å². The van der Waals surface area contributed by atoms with Gasteiger partial charge in [0.2, 0.25) is 0 Å². The van der Waals surface area contributed by atoms with Crippen LogP contribution in [0.25, 0.3) is 0 Å². The second-order valence-electron chi connectivity index (χ2n) is 3.26. The molecule has 0 bridgehead atoms. The van der Waals surface area contributed by atoms with Crippen LogP contribution in [0.3, 0.4) is 0 Å². The summed E-state index contributed by atoms with van der Waals surface area (Å²) in [5.74, 6) is 0.884. The van der Waals surface area contributed by atoms with E-state index in [-0.39, 0.29) is 11.4 Å². The second kappa shape index (κ2) is 2.11. The van der Waals surface area contributed by atoms with Gasteiger partial charge in [-0.2, -0.15) is 0 Å². The highest BCUT2D eigenvalue weighted by Gasteiger charge is 2.26. The minimum Gasteiger partial charge on any atom is -0.492 e. The van der Waals surface area contributed by atoms with Gasteiger partial charge in [0, 0.05) is 12.5 Å². The fourth-order valence-electron chi connectivity index (χ4n) is 1.20.